The summed E-state index contributed by atoms with van der Waals surface area (Å²) in [6, 6.07) is 52.1. The van der Waals surface area contributed by atoms with Crippen molar-refractivity contribution in [2.24, 2.45) is 23.7 Å². The van der Waals surface area contributed by atoms with E-state index in [1.54, 1.807) is 25.4 Å². The number of ether oxygens (including phenoxy) is 2. The van der Waals surface area contributed by atoms with Crippen molar-refractivity contribution in [1.29, 1.82) is 0 Å². The van der Waals surface area contributed by atoms with Gasteiger partial charge in [-0.2, -0.15) is 4.98 Å². The molecule has 9 rings (SSSR count). The number of benzene rings is 6. The Balaban J connectivity index is 1.06. The normalized spacial score (nSPS) is 18.2. The molecule has 2 N–H and O–H groups in total. The van der Waals surface area contributed by atoms with Crippen molar-refractivity contribution in [3.8, 4) is 62.1 Å². The van der Waals surface area contributed by atoms with Gasteiger partial charge >= 0.3 is 0 Å². The number of phenolic OH excluding ortho intramolecular Hbond substituents is 1. The minimum atomic E-state index is -0.545. The summed E-state index contributed by atoms with van der Waals surface area (Å²) in [5.74, 6) is 2.04. The Morgan fingerprint density at radius 3 is 1.95 bits per heavy atom. The summed E-state index contributed by atoms with van der Waals surface area (Å²) < 4.78 is 13.4. The summed E-state index contributed by atoms with van der Waals surface area (Å²) in [4.78, 5) is 14.5. The van der Waals surface area contributed by atoms with Gasteiger partial charge in [-0.25, -0.2) is 4.98 Å². The third-order valence-electron chi connectivity index (χ3n) is 13.3. The van der Waals surface area contributed by atoms with Crippen LogP contribution < -0.4 is 9.47 Å². The fourth-order valence-corrected chi connectivity index (χ4v) is 10.3. The molecule has 0 radical (unpaired) electrons. The highest BCUT2D eigenvalue weighted by Crippen LogP contribution is 2.46. The number of phenols is 1. The molecule has 8 aromatic rings. The van der Waals surface area contributed by atoms with Crippen molar-refractivity contribution < 1.29 is 19.7 Å². The van der Waals surface area contributed by atoms with E-state index in [0.717, 1.165) is 80.4 Å². The molecule has 1 aliphatic carbocycles. The Labute approximate surface area is 392 Å². The Morgan fingerprint density at radius 2 is 1.35 bits per heavy atom. The first kappa shape index (κ1) is 44.4. The molecule has 6 atom stereocenters. The monoisotopic (exact) mass is 891 g/mol. The summed E-state index contributed by atoms with van der Waals surface area (Å²) in [6.45, 7) is 6.62. The van der Waals surface area contributed by atoms with Crippen molar-refractivity contribution in [3.05, 3.63) is 193 Å². The van der Waals surface area contributed by atoms with Crippen LogP contribution in [-0.2, 0) is 6.42 Å². The number of fused-ring (bicyclic) bond motifs is 1. The van der Waals surface area contributed by atoms with Crippen LogP contribution in [0.15, 0.2) is 177 Å². The number of hydrogen-bond acceptors (Lipinski definition) is 7. The van der Waals surface area contributed by atoms with Crippen LogP contribution in [0.5, 0.6) is 17.4 Å². The van der Waals surface area contributed by atoms with Crippen LogP contribution in [0.4, 0.5) is 0 Å². The quantitative estimate of drug-likeness (QED) is 0.0637. The second kappa shape index (κ2) is 20.2. The molecule has 332 valence electrons. The molecule has 66 heavy (non-hydrogen) atoms. The first-order chi connectivity index (χ1) is 32.3. The van der Waals surface area contributed by atoms with Gasteiger partial charge in [-0.3, -0.25) is 4.98 Å². The summed E-state index contributed by atoms with van der Waals surface area (Å²) in [6.07, 6.45) is 6.60. The molecule has 0 bridgehead atoms. The number of pyridine rings is 1. The number of aromatic hydroxyl groups is 1. The van der Waals surface area contributed by atoms with Gasteiger partial charge in [0, 0.05) is 33.8 Å². The number of nitrogens with zero attached hydrogens (tertiary/aromatic N) is 3. The average molecular weight is 893 g/mol. The highest BCUT2D eigenvalue weighted by Gasteiger charge is 2.36. The van der Waals surface area contributed by atoms with E-state index in [-0.39, 0.29) is 34.6 Å². The van der Waals surface area contributed by atoms with Crippen molar-refractivity contribution >= 4 is 22.5 Å². The first-order valence-corrected chi connectivity index (χ1v) is 23.2. The van der Waals surface area contributed by atoms with Crippen LogP contribution in [0.3, 0.4) is 0 Å². The van der Waals surface area contributed by atoms with Crippen molar-refractivity contribution in [1.82, 2.24) is 15.0 Å². The van der Waals surface area contributed by atoms with Crippen molar-refractivity contribution in [2.45, 2.75) is 51.2 Å². The topological polar surface area (TPSA) is 97.6 Å². The molecule has 5 unspecified atom stereocenters. The van der Waals surface area contributed by atoms with Crippen LogP contribution >= 0.6 is 11.6 Å². The van der Waals surface area contributed by atoms with E-state index in [4.69, 9.17) is 31.0 Å². The van der Waals surface area contributed by atoms with Crippen LogP contribution in [-0.4, -0.2) is 38.4 Å². The molecular formula is C58H54ClN3O4. The summed E-state index contributed by atoms with van der Waals surface area (Å²) in [5.41, 5.74) is 9.25. The maximum atomic E-state index is 12.0. The standard InChI is InChI=1S/C58H54ClN3O4/c1-4-39-35-45(32-38-33-48(40-17-9-5-10-18-40)55(65-3)49(34-38)41-19-11-6-12-20-41)52(64)28-25-44(39)31-37(2)54(47-29-30-60-51-27-26-46(63)36-50(47)51)66-58-53(42-21-13-7-14-22-42)56(59)61-57(62-58)43-23-15-8-16-24-43/h4-24,26-27,29-30,33-34,36-37,39,44-45,52,54,63-64H,1,25,28,31-32,35H2,2-3H3/t37?,39?,44?,45?,52?,54-/m1/s1. The average Bonchev–Trinajstić information content (AvgIpc) is 3.50. The summed E-state index contributed by atoms with van der Waals surface area (Å²) in [5, 5.41) is 23.9. The molecular weight excluding hydrogens is 838 g/mol. The number of aliphatic hydroxyl groups excluding tert-OH is 1. The number of rotatable bonds is 14. The zero-order chi connectivity index (χ0) is 45.6. The van der Waals surface area contributed by atoms with Crippen LogP contribution in [0.25, 0.3) is 55.7 Å². The Bertz CT molecular complexity index is 2860. The number of aliphatic hydroxyl groups is 1. The second-order valence-corrected chi connectivity index (χ2v) is 17.9. The van der Waals surface area contributed by atoms with Gasteiger partial charge in [-0.05, 0) is 114 Å². The number of allylic oxidation sites excluding steroid dienone is 1. The second-order valence-electron chi connectivity index (χ2n) is 17.6. The molecule has 0 aliphatic heterocycles. The number of methoxy groups -OCH3 is 1. The summed E-state index contributed by atoms with van der Waals surface area (Å²) >= 11 is 7.12. The van der Waals surface area contributed by atoms with Gasteiger partial charge < -0.3 is 19.7 Å². The van der Waals surface area contributed by atoms with E-state index in [1.165, 1.54) is 0 Å². The SMILES string of the molecule is C=CC1CC(Cc2cc(-c3ccccc3)c(OC)c(-c3ccccc3)c2)C(O)CCC1CC(C)[C@@H](Oc1nc(-c2ccccc2)nc(Cl)c1-c1ccccc1)c1ccnc2ccc(O)cc12. The first-order valence-electron chi connectivity index (χ1n) is 22.8. The molecule has 6 aromatic carbocycles. The summed E-state index contributed by atoms with van der Waals surface area (Å²) in [7, 11) is 1.74. The molecule has 1 saturated carbocycles. The number of aromatic nitrogens is 3. The number of hydrogen-bond donors (Lipinski definition) is 2. The molecule has 2 heterocycles. The molecule has 0 saturated heterocycles. The molecule has 8 heteroatoms. The Kier molecular flexibility index (Phi) is 13.6. The predicted octanol–water partition coefficient (Wildman–Crippen LogP) is 14.0. The van der Waals surface area contributed by atoms with Crippen LogP contribution in [0.1, 0.15) is 49.8 Å². The van der Waals surface area contributed by atoms with Crippen LogP contribution in [0.2, 0.25) is 5.15 Å². The maximum absolute atomic E-state index is 12.0. The lowest BCUT2D eigenvalue weighted by Gasteiger charge is -2.32. The van der Waals surface area contributed by atoms with E-state index < -0.39 is 12.2 Å². The fourth-order valence-electron chi connectivity index (χ4n) is 10.0. The van der Waals surface area contributed by atoms with Crippen molar-refractivity contribution in [2.75, 3.05) is 7.11 Å². The maximum Gasteiger partial charge on any atom is 0.227 e. The molecule has 1 fully saturated rings. The third kappa shape index (κ3) is 9.60. The zero-order valence-electron chi connectivity index (χ0n) is 37.3. The molecule has 2 aromatic heterocycles. The lowest BCUT2D eigenvalue weighted by atomic mass is 9.77. The van der Waals surface area contributed by atoms with Gasteiger partial charge in [-0.1, -0.05) is 146 Å². The van der Waals surface area contributed by atoms with Gasteiger partial charge in [0.15, 0.2) is 5.82 Å². The lowest BCUT2D eigenvalue weighted by molar-refractivity contribution is 0.0981. The van der Waals surface area contributed by atoms with E-state index in [1.807, 2.05) is 84.9 Å². The molecule has 7 nitrogen and oxygen atoms in total. The minimum Gasteiger partial charge on any atom is -0.508 e. The Morgan fingerprint density at radius 1 is 0.742 bits per heavy atom. The minimum absolute atomic E-state index is 0.00103. The van der Waals surface area contributed by atoms with Gasteiger partial charge in [0.2, 0.25) is 5.88 Å². The molecule has 0 spiro atoms. The predicted molar refractivity (Wildman–Crippen MR) is 267 cm³/mol. The van der Waals surface area contributed by atoms with E-state index >= 15 is 0 Å². The fraction of sp³-hybridized carbons (Fsp3) is 0.224. The highest BCUT2D eigenvalue weighted by atomic mass is 35.5. The smallest absolute Gasteiger partial charge is 0.227 e. The zero-order valence-corrected chi connectivity index (χ0v) is 38.1. The Hall–Kier alpha value is -6.80. The van der Waals surface area contributed by atoms with E-state index in [2.05, 4.69) is 85.2 Å². The van der Waals surface area contributed by atoms with Gasteiger partial charge in [0.1, 0.15) is 22.8 Å². The van der Waals surface area contributed by atoms with Gasteiger partial charge in [0.25, 0.3) is 0 Å². The van der Waals surface area contributed by atoms with E-state index in [9.17, 15) is 10.2 Å². The van der Waals surface area contributed by atoms with E-state index in [0.29, 0.717) is 30.1 Å². The highest BCUT2D eigenvalue weighted by molar-refractivity contribution is 6.32. The third-order valence-corrected chi connectivity index (χ3v) is 13.6. The van der Waals surface area contributed by atoms with Crippen LogP contribution in [0, 0.1) is 23.7 Å². The lowest BCUT2D eigenvalue weighted by Crippen LogP contribution is -2.24. The molecule has 0 amide bonds. The number of halogens is 1. The molecule has 1 aliphatic rings. The van der Waals surface area contributed by atoms with Gasteiger partial charge in [-0.15, -0.1) is 6.58 Å². The van der Waals surface area contributed by atoms with Gasteiger partial charge in [0.05, 0.1) is 24.3 Å². The van der Waals surface area contributed by atoms with Crippen molar-refractivity contribution in [3.63, 3.8) is 0 Å². The largest absolute Gasteiger partial charge is 0.508 e.